The summed E-state index contributed by atoms with van der Waals surface area (Å²) in [7, 11) is 0. The van der Waals surface area contributed by atoms with E-state index >= 15 is 0 Å². The van der Waals surface area contributed by atoms with E-state index in [2.05, 4.69) is 4.98 Å². The zero-order valence-electron chi connectivity index (χ0n) is 11.0. The molecular formula is C14H18F3NO. The van der Waals surface area contributed by atoms with Crippen molar-refractivity contribution in [2.75, 3.05) is 0 Å². The summed E-state index contributed by atoms with van der Waals surface area (Å²) in [5.41, 5.74) is -2.29. The molecule has 3 unspecified atom stereocenters. The molecule has 1 saturated carbocycles. The summed E-state index contributed by atoms with van der Waals surface area (Å²) in [6, 6.07) is 0.944. The smallest absolute Gasteiger partial charge is 0.385 e. The van der Waals surface area contributed by atoms with E-state index in [1.165, 1.54) is 0 Å². The number of hydrogen-bond donors (Lipinski definition) is 1. The number of pyridine rings is 1. The van der Waals surface area contributed by atoms with Crippen molar-refractivity contribution >= 4 is 0 Å². The van der Waals surface area contributed by atoms with Crippen molar-refractivity contribution in [2.45, 2.75) is 44.9 Å². The maximum atomic E-state index is 13.1. The van der Waals surface area contributed by atoms with Crippen LogP contribution in [0.4, 0.5) is 13.2 Å². The van der Waals surface area contributed by atoms with Crippen LogP contribution in [0.5, 0.6) is 0 Å². The summed E-state index contributed by atoms with van der Waals surface area (Å²) >= 11 is 0. The second-order valence-corrected chi connectivity index (χ2v) is 5.50. The molecule has 106 valence electrons. The van der Waals surface area contributed by atoms with Crippen LogP contribution in [0.25, 0.3) is 0 Å². The van der Waals surface area contributed by atoms with Crippen LogP contribution in [0.15, 0.2) is 18.5 Å². The molecule has 1 aromatic heterocycles. The van der Waals surface area contributed by atoms with Gasteiger partial charge in [0.05, 0.1) is 11.2 Å². The number of nitrogens with zero attached hydrogens (tertiary/aromatic N) is 1. The Kier molecular flexibility index (Phi) is 3.60. The lowest BCUT2D eigenvalue weighted by Crippen LogP contribution is -2.42. The van der Waals surface area contributed by atoms with E-state index < -0.39 is 17.3 Å². The molecule has 0 bridgehead atoms. The average Bonchev–Trinajstić information content (AvgIpc) is 2.35. The summed E-state index contributed by atoms with van der Waals surface area (Å²) in [6.45, 7) is 3.79. The lowest BCUT2D eigenvalue weighted by Gasteiger charge is -2.43. The molecule has 0 aliphatic heterocycles. The summed E-state index contributed by atoms with van der Waals surface area (Å²) in [6.07, 6.45) is -0.162. The molecule has 0 spiro atoms. The van der Waals surface area contributed by atoms with Gasteiger partial charge >= 0.3 is 6.18 Å². The summed E-state index contributed by atoms with van der Waals surface area (Å²) < 4.78 is 39.2. The van der Waals surface area contributed by atoms with Gasteiger partial charge in [0.2, 0.25) is 0 Å². The fourth-order valence-electron chi connectivity index (χ4n) is 3.01. The average molecular weight is 273 g/mol. The molecule has 0 radical (unpaired) electrons. The molecule has 19 heavy (non-hydrogen) atoms. The molecule has 5 heteroatoms. The van der Waals surface area contributed by atoms with Crippen LogP contribution in [0.3, 0.4) is 0 Å². The van der Waals surface area contributed by atoms with Gasteiger partial charge in [-0.1, -0.05) is 20.3 Å². The van der Waals surface area contributed by atoms with E-state index in [9.17, 15) is 18.3 Å². The molecule has 1 fully saturated rings. The van der Waals surface area contributed by atoms with Gasteiger partial charge in [0.1, 0.15) is 0 Å². The third-order valence-electron chi connectivity index (χ3n) is 4.42. The van der Waals surface area contributed by atoms with Gasteiger partial charge in [0.15, 0.2) is 0 Å². The number of hydrogen-bond acceptors (Lipinski definition) is 2. The SMILES string of the molecule is CC1CCCC(O)(c2cnccc2C(F)(F)F)C1C. The van der Waals surface area contributed by atoms with Crippen LogP contribution in [0.2, 0.25) is 0 Å². The summed E-state index contributed by atoms with van der Waals surface area (Å²) in [5, 5.41) is 10.8. The van der Waals surface area contributed by atoms with Crippen LogP contribution in [-0.2, 0) is 11.8 Å². The predicted molar refractivity (Wildman–Crippen MR) is 65.3 cm³/mol. The highest BCUT2D eigenvalue weighted by molar-refractivity contribution is 5.33. The number of halogens is 3. The van der Waals surface area contributed by atoms with E-state index in [0.29, 0.717) is 6.42 Å². The lowest BCUT2D eigenvalue weighted by atomic mass is 9.67. The molecular weight excluding hydrogens is 255 g/mol. The molecule has 1 N–H and O–H groups in total. The molecule has 2 rings (SSSR count). The van der Waals surface area contributed by atoms with Crippen molar-refractivity contribution in [1.29, 1.82) is 0 Å². The van der Waals surface area contributed by atoms with Crippen LogP contribution < -0.4 is 0 Å². The zero-order valence-corrected chi connectivity index (χ0v) is 11.0. The van der Waals surface area contributed by atoms with Crippen molar-refractivity contribution in [2.24, 2.45) is 11.8 Å². The van der Waals surface area contributed by atoms with Gasteiger partial charge in [0.25, 0.3) is 0 Å². The van der Waals surface area contributed by atoms with E-state index in [0.717, 1.165) is 31.3 Å². The van der Waals surface area contributed by atoms with Gasteiger partial charge < -0.3 is 5.11 Å². The Morgan fingerprint density at radius 2 is 2.05 bits per heavy atom. The molecule has 1 heterocycles. The van der Waals surface area contributed by atoms with Crippen molar-refractivity contribution in [1.82, 2.24) is 4.98 Å². The molecule has 2 nitrogen and oxygen atoms in total. The van der Waals surface area contributed by atoms with Gasteiger partial charge in [0, 0.05) is 18.0 Å². The molecule has 0 saturated heterocycles. The first kappa shape index (κ1) is 14.3. The minimum absolute atomic E-state index is 0.0819. The Hall–Kier alpha value is -1.10. The van der Waals surface area contributed by atoms with Crippen molar-refractivity contribution in [3.8, 4) is 0 Å². The summed E-state index contributed by atoms with van der Waals surface area (Å²) in [4.78, 5) is 3.78. The van der Waals surface area contributed by atoms with Crippen LogP contribution in [-0.4, -0.2) is 10.1 Å². The van der Waals surface area contributed by atoms with Crippen LogP contribution in [0, 0.1) is 11.8 Å². The third-order valence-corrected chi connectivity index (χ3v) is 4.42. The lowest BCUT2D eigenvalue weighted by molar-refractivity contribution is -0.144. The molecule has 1 aromatic rings. The second kappa shape index (κ2) is 4.78. The van der Waals surface area contributed by atoms with Gasteiger partial charge in [-0.05, 0) is 30.7 Å². The van der Waals surface area contributed by atoms with Crippen molar-refractivity contribution in [3.63, 3.8) is 0 Å². The van der Waals surface area contributed by atoms with Gasteiger partial charge in [-0.25, -0.2) is 0 Å². The Morgan fingerprint density at radius 3 is 2.68 bits per heavy atom. The molecule has 0 aromatic carbocycles. The minimum Gasteiger partial charge on any atom is -0.385 e. The highest BCUT2D eigenvalue weighted by Crippen LogP contribution is 2.47. The third kappa shape index (κ3) is 2.48. The number of aliphatic hydroxyl groups is 1. The summed E-state index contributed by atoms with van der Waals surface area (Å²) in [5.74, 6) is -0.0217. The van der Waals surface area contributed by atoms with Gasteiger partial charge in [-0.3, -0.25) is 4.98 Å². The van der Waals surface area contributed by atoms with E-state index in [1.54, 1.807) is 0 Å². The highest BCUT2D eigenvalue weighted by Gasteiger charge is 2.46. The monoisotopic (exact) mass is 273 g/mol. The highest BCUT2D eigenvalue weighted by atomic mass is 19.4. The minimum atomic E-state index is -4.46. The fraction of sp³-hybridized carbons (Fsp3) is 0.643. The quantitative estimate of drug-likeness (QED) is 0.845. The Labute approximate surface area is 110 Å². The molecule has 1 aliphatic rings. The first-order valence-corrected chi connectivity index (χ1v) is 6.51. The molecule has 3 atom stereocenters. The maximum absolute atomic E-state index is 13.1. The largest absolute Gasteiger partial charge is 0.416 e. The zero-order chi connectivity index (χ0) is 14.3. The first-order valence-electron chi connectivity index (χ1n) is 6.51. The van der Waals surface area contributed by atoms with E-state index in [1.807, 2.05) is 13.8 Å². The second-order valence-electron chi connectivity index (χ2n) is 5.50. The number of alkyl halides is 3. The Morgan fingerprint density at radius 1 is 1.37 bits per heavy atom. The Balaban J connectivity index is 2.52. The van der Waals surface area contributed by atoms with Gasteiger partial charge in [-0.2, -0.15) is 13.2 Å². The molecule has 0 amide bonds. The van der Waals surface area contributed by atoms with E-state index in [-0.39, 0.29) is 17.4 Å². The number of rotatable bonds is 1. The fourth-order valence-corrected chi connectivity index (χ4v) is 3.01. The standard InChI is InChI=1S/C14H18F3NO/c1-9-4-3-6-13(19,10(9)2)12-8-18-7-5-11(12)14(15,16)17/h5,7-10,19H,3-4,6H2,1-2H3. The van der Waals surface area contributed by atoms with Crippen molar-refractivity contribution in [3.05, 3.63) is 29.6 Å². The Bertz CT molecular complexity index is 460. The van der Waals surface area contributed by atoms with E-state index in [4.69, 9.17) is 0 Å². The van der Waals surface area contributed by atoms with Crippen LogP contribution in [0.1, 0.15) is 44.2 Å². The topological polar surface area (TPSA) is 33.1 Å². The number of aromatic nitrogens is 1. The van der Waals surface area contributed by atoms with Crippen LogP contribution >= 0.6 is 0 Å². The van der Waals surface area contributed by atoms with Gasteiger partial charge in [-0.15, -0.1) is 0 Å². The predicted octanol–water partition coefficient (Wildman–Crippen LogP) is 3.74. The normalized spacial score (nSPS) is 32.3. The van der Waals surface area contributed by atoms with Crippen molar-refractivity contribution < 1.29 is 18.3 Å². The first-order chi connectivity index (χ1) is 8.77. The molecule has 1 aliphatic carbocycles. The maximum Gasteiger partial charge on any atom is 0.416 e.